The van der Waals surface area contributed by atoms with Gasteiger partial charge in [0.2, 0.25) is 15.9 Å². The van der Waals surface area contributed by atoms with Gasteiger partial charge in [0.1, 0.15) is 4.90 Å². The van der Waals surface area contributed by atoms with Crippen LogP contribution in [0.2, 0.25) is 5.02 Å². The van der Waals surface area contributed by atoms with Gasteiger partial charge in [-0.25, -0.2) is 17.7 Å². The lowest BCUT2D eigenvalue weighted by atomic mass is 10.1. The number of halogens is 4. The SMILES string of the molecule is C[C@@H](Sc1ccc(S(=O)(=O)N(C)C)cn1)C(=O)Nc1ccc(Cl)cc1C(F)(F)F. The predicted octanol–water partition coefficient (Wildman–Crippen LogP) is 4.12. The van der Waals surface area contributed by atoms with Crippen molar-refractivity contribution >= 4 is 45.0 Å². The normalized spacial score (nSPS) is 13.4. The van der Waals surface area contributed by atoms with Gasteiger partial charge in [-0.3, -0.25) is 4.79 Å². The van der Waals surface area contributed by atoms with Gasteiger partial charge in [-0.2, -0.15) is 13.2 Å². The molecule has 2 rings (SSSR count). The van der Waals surface area contributed by atoms with Crippen molar-refractivity contribution in [3.63, 3.8) is 0 Å². The Kier molecular flexibility index (Phi) is 7.20. The summed E-state index contributed by atoms with van der Waals surface area (Å²) in [4.78, 5) is 16.3. The molecule has 0 saturated carbocycles. The molecule has 1 aromatic carbocycles. The van der Waals surface area contributed by atoms with E-state index >= 15 is 0 Å². The van der Waals surface area contributed by atoms with Crippen LogP contribution in [0.3, 0.4) is 0 Å². The van der Waals surface area contributed by atoms with Gasteiger partial charge in [0.05, 0.1) is 21.5 Å². The smallest absolute Gasteiger partial charge is 0.325 e. The van der Waals surface area contributed by atoms with E-state index in [0.717, 1.165) is 34.4 Å². The second kappa shape index (κ2) is 8.90. The van der Waals surface area contributed by atoms with Crippen molar-refractivity contribution in [2.75, 3.05) is 19.4 Å². The van der Waals surface area contributed by atoms with Gasteiger partial charge in [0.15, 0.2) is 0 Å². The Morgan fingerprint density at radius 1 is 1.24 bits per heavy atom. The van der Waals surface area contributed by atoms with Crippen LogP contribution in [0.1, 0.15) is 12.5 Å². The lowest BCUT2D eigenvalue weighted by Crippen LogP contribution is -2.24. The molecule has 1 amide bonds. The number of hydrogen-bond donors (Lipinski definition) is 1. The third kappa shape index (κ3) is 5.84. The molecule has 158 valence electrons. The van der Waals surface area contributed by atoms with E-state index in [0.29, 0.717) is 5.03 Å². The van der Waals surface area contributed by atoms with Crippen LogP contribution in [-0.4, -0.2) is 43.0 Å². The summed E-state index contributed by atoms with van der Waals surface area (Å²) in [5.74, 6) is -0.672. The maximum atomic E-state index is 13.1. The Morgan fingerprint density at radius 3 is 2.41 bits per heavy atom. The molecule has 2 aromatic rings. The van der Waals surface area contributed by atoms with Gasteiger partial charge in [-0.05, 0) is 37.3 Å². The van der Waals surface area contributed by atoms with Crippen LogP contribution in [0.15, 0.2) is 46.5 Å². The summed E-state index contributed by atoms with van der Waals surface area (Å²) in [5.41, 5.74) is -1.45. The topological polar surface area (TPSA) is 79.4 Å². The molecule has 0 saturated heterocycles. The summed E-state index contributed by atoms with van der Waals surface area (Å²) in [6.07, 6.45) is -3.53. The van der Waals surface area contributed by atoms with E-state index < -0.39 is 38.6 Å². The minimum absolute atomic E-state index is 0.0139. The van der Waals surface area contributed by atoms with E-state index in [9.17, 15) is 26.4 Å². The molecule has 1 atom stereocenters. The van der Waals surface area contributed by atoms with Crippen molar-refractivity contribution in [1.29, 1.82) is 0 Å². The number of anilines is 1. The van der Waals surface area contributed by atoms with Crippen LogP contribution in [0.5, 0.6) is 0 Å². The third-order valence-corrected chi connectivity index (χ3v) is 6.78. The molecule has 0 aliphatic heterocycles. The standard InChI is InChI=1S/C17H17ClF3N3O3S2/c1-10(28-15-7-5-12(9-22-15)29(26,27)24(2)3)16(25)23-14-6-4-11(18)8-13(14)17(19,20)21/h4-10H,1-3H3,(H,23,25)/t10-/m1/s1. The molecular weight excluding hydrogens is 451 g/mol. The molecule has 1 N–H and O–H groups in total. The highest BCUT2D eigenvalue weighted by Gasteiger charge is 2.34. The highest BCUT2D eigenvalue weighted by Crippen LogP contribution is 2.37. The summed E-state index contributed by atoms with van der Waals surface area (Å²) in [6, 6.07) is 5.83. The summed E-state index contributed by atoms with van der Waals surface area (Å²) in [5, 5.41) is 1.69. The number of sulfonamides is 1. The molecule has 0 bridgehead atoms. The van der Waals surface area contributed by atoms with E-state index in [1.807, 2.05) is 0 Å². The van der Waals surface area contributed by atoms with Gasteiger partial charge in [-0.1, -0.05) is 23.4 Å². The molecule has 29 heavy (non-hydrogen) atoms. The first-order valence-electron chi connectivity index (χ1n) is 8.05. The zero-order chi connectivity index (χ0) is 22.0. The molecule has 0 unspecified atom stereocenters. The number of nitrogens with zero attached hydrogens (tertiary/aromatic N) is 2. The number of thioether (sulfide) groups is 1. The molecule has 0 aliphatic carbocycles. The zero-order valence-corrected chi connectivity index (χ0v) is 17.9. The number of carbonyl (C=O) groups excluding carboxylic acids is 1. The molecule has 0 radical (unpaired) electrons. The highest BCUT2D eigenvalue weighted by molar-refractivity contribution is 8.00. The first kappa shape index (κ1) is 23.5. The van der Waals surface area contributed by atoms with Gasteiger partial charge in [0.25, 0.3) is 0 Å². The molecule has 1 aromatic heterocycles. The first-order valence-corrected chi connectivity index (χ1v) is 10.7. The monoisotopic (exact) mass is 467 g/mol. The fraction of sp³-hybridized carbons (Fsp3) is 0.294. The second-order valence-corrected chi connectivity index (χ2v) is 10.0. The number of pyridine rings is 1. The average molecular weight is 468 g/mol. The molecule has 0 fully saturated rings. The van der Waals surface area contributed by atoms with Crippen molar-refractivity contribution in [3.8, 4) is 0 Å². The number of hydrogen-bond acceptors (Lipinski definition) is 5. The fourth-order valence-corrected chi connectivity index (χ4v) is 3.94. The van der Waals surface area contributed by atoms with E-state index in [1.54, 1.807) is 0 Å². The average Bonchev–Trinajstić information content (AvgIpc) is 2.62. The van der Waals surface area contributed by atoms with Crippen molar-refractivity contribution in [2.24, 2.45) is 0 Å². The van der Waals surface area contributed by atoms with Crippen LogP contribution in [0, 0.1) is 0 Å². The van der Waals surface area contributed by atoms with Crippen LogP contribution >= 0.6 is 23.4 Å². The summed E-state index contributed by atoms with van der Waals surface area (Å²) in [7, 11) is -0.866. The van der Waals surface area contributed by atoms with Crippen LogP contribution in [-0.2, 0) is 21.0 Å². The van der Waals surface area contributed by atoms with Crippen molar-refractivity contribution in [2.45, 2.75) is 28.3 Å². The van der Waals surface area contributed by atoms with Gasteiger partial charge in [-0.15, -0.1) is 0 Å². The maximum absolute atomic E-state index is 13.1. The van der Waals surface area contributed by atoms with E-state index in [-0.39, 0.29) is 9.92 Å². The Balaban J connectivity index is 2.13. The van der Waals surface area contributed by atoms with E-state index in [4.69, 9.17) is 11.6 Å². The molecule has 0 aliphatic rings. The van der Waals surface area contributed by atoms with Crippen molar-refractivity contribution in [1.82, 2.24) is 9.29 Å². The minimum atomic E-state index is -4.68. The summed E-state index contributed by atoms with van der Waals surface area (Å²) < 4.78 is 64.5. The molecule has 1 heterocycles. The number of alkyl halides is 3. The molecule has 12 heteroatoms. The Hall–Kier alpha value is -1.82. The quantitative estimate of drug-likeness (QED) is 0.646. The maximum Gasteiger partial charge on any atom is 0.418 e. The second-order valence-electron chi connectivity index (χ2n) is 6.06. The fourth-order valence-electron chi connectivity index (χ4n) is 2.13. The van der Waals surface area contributed by atoms with E-state index in [1.165, 1.54) is 39.2 Å². The zero-order valence-electron chi connectivity index (χ0n) is 15.5. The van der Waals surface area contributed by atoms with Gasteiger partial charge in [0, 0.05) is 25.3 Å². The van der Waals surface area contributed by atoms with Crippen LogP contribution in [0.4, 0.5) is 18.9 Å². The minimum Gasteiger partial charge on any atom is -0.325 e. The number of aromatic nitrogens is 1. The molecule has 0 spiro atoms. The number of nitrogens with one attached hydrogen (secondary N) is 1. The van der Waals surface area contributed by atoms with Gasteiger partial charge >= 0.3 is 6.18 Å². The molecular formula is C17H17ClF3N3O3S2. The molecule has 6 nitrogen and oxygen atoms in total. The third-order valence-electron chi connectivity index (χ3n) is 3.70. The number of rotatable bonds is 6. The number of carbonyl (C=O) groups is 1. The lowest BCUT2D eigenvalue weighted by molar-refractivity contribution is -0.137. The Labute approximate surface area is 175 Å². The highest BCUT2D eigenvalue weighted by atomic mass is 35.5. The summed E-state index contributed by atoms with van der Waals surface area (Å²) >= 11 is 6.60. The lowest BCUT2D eigenvalue weighted by Gasteiger charge is -2.16. The van der Waals surface area contributed by atoms with Crippen LogP contribution < -0.4 is 5.32 Å². The first-order chi connectivity index (χ1) is 13.3. The summed E-state index contributed by atoms with van der Waals surface area (Å²) in [6.45, 7) is 1.50. The van der Waals surface area contributed by atoms with Crippen molar-refractivity contribution in [3.05, 3.63) is 47.1 Å². The van der Waals surface area contributed by atoms with Crippen LogP contribution in [0.25, 0.3) is 0 Å². The van der Waals surface area contributed by atoms with Gasteiger partial charge < -0.3 is 5.32 Å². The number of benzene rings is 1. The predicted molar refractivity (Wildman–Crippen MR) is 106 cm³/mol. The number of amides is 1. The van der Waals surface area contributed by atoms with E-state index in [2.05, 4.69) is 10.3 Å². The largest absolute Gasteiger partial charge is 0.418 e. The Morgan fingerprint density at radius 2 is 1.90 bits per heavy atom. The van der Waals surface area contributed by atoms with Crippen molar-refractivity contribution < 1.29 is 26.4 Å². The Bertz CT molecular complexity index is 997.